The summed E-state index contributed by atoms with van der Waals surface area (Å²) in [6.45, 7) is 5.09. The maximum absolute atomic E-state index is 12.2. The topological polar surface area (TPSA) is 84.2 Å². The minimum Gasteiger partial charge on any atom is -0.355 e. The highest BCUT2D eigenvalue weighted by molar-refractivity contribution is 5.85. The third kappa shape index (κ3) is 6.59. The van der Waals surface area contributed by atoms with Crippen LogP contribution in [0.2, 0.25) is 0 Å². The zero-order valence-electron chi connectivity index (χ0n) is 13.9. The lowest BCUT2D eigenvalue weighted by molar-refractivity contribution is -0.131. The molecular formula is C17H28ClN3O2. The van der Waals surface area contributed by atoms with Crippen LogP contribution in [0.4, 0.5) is 0 Å². The molecule has 1 aromatic carbocycles. The van der Waals surface area contributed by atoms with Gasteiger partial charge in [0.1, 0.15) is 0 Å². The van der Waals surface area contributed by atoms with Crippen molar-refractivity contribution in [3.8, 4) is 0 Å². The summed E-state index contributed by atoms with van der Waals surface area (Å²) in [6, 6.07) is 9.72. The summed E-state index contributed by atoms with van der Waals surface area (Å²) in [5.74, 6) is -0.133. The van der Waals surface area contributed by atoms with Crippen LogP contribution in [0.3, 0.4) is 0 Å². The Hall–Kier alpha value is -1.59. The molecule has 1 rings (SSSR count). The SMILES string of the molecule is CCC(CC)(CN)C(=O)NCCC(=O)NCc1ccccc1.Cl. The molecule has 0 heterocycles. The van der Waals surface area contributed by atoms with Gasteiger partial charge in [-0.25, -0.2) is 0 Å². The van der Waals surface area contributed by atoms with Crippen molar-refractivity contribution in [3.63, 3.8) is 0 Å². The van der Waals surface area contributed by atoms with Crippen molar-refractivity contribution in [2.75, 3.05) is 13.1 Å². The van der Waals surface area contributed by atoms with E-state index in [1.807, 2.05) is 44.2 Å². The van der Waals surface area contributed by atoms with Crippen LogP contribution in [0.25, 0.3) is 0 Å². The molecule has 6 heteroatoms. The van der Waals surface area contributed by atoms with Gasteiger partial charge in [-0.15, -0.1) is 12.4 Å². The fourth-order valence-electron chi connectivity index (χ4n) is 2.31. The molecule has 0 saturated heterocycles. The molecule has 4 N–H and O–H groups in total. The van der Waals surface area contributed by atoms with E-state index in [-0.39, 0.29) is 30.6 Å². The van der Waals surface area contributed by atoms with Gasteiger partial charge in [0.2, 0.25) is 11.8 Å². The average Bonchev–Trinajstić information content (AvgIpc) is 2.56. The van der Waals surface area contributed by atoms with E-state index in [1.54, 1.807) is 0 Å². The van der Waals surface area contributed by atoms with Gasteiger partial charge in [-0.2, -0.15) is 0 Å². The fourth-order valence-corrected chi connectivity index (χ4v) is 2.31. The molecule has 0 aliphatic carbocycles. The molecular weight excluding hydrogens is 314 g/mol. The molecule has 0 radical (unpaired) electrons. The Kier molecular flexibility index (Phi) is 10.3. The molecule has 0 fully saturated rings. The Morgan fingerprint density at radius 3 is 2.22 bits per heavy atom. The molecule has 0 unspecified atom stereocenters. The highest BCUT2D eigenvalue weighted by Crippen LogP contribution is 2.24. The standard InChI is InChI=1S/C17H27N3O2.ClH/c1-3-17(4-2,13-18)16(22)19-11-10-15(21)20-12-14-8-6-5-7-9-14;/h5-9H,3-4,10-13,18H2,1-2H3,(H,19,22)(H,20,21);1H. The molecule has 0 aromatic heterocycles. The van der Waals surface area contributed by atoms with E-state index in [0.29, 0.717) is 32.5 Å². The number of nitrogens with one attached hydrogen (secondary N) is 2. The van der Waals surface area contributed by atoms with E-state index < -0.39 is 5.41 Å². The van der Waals surface area contributed by atoms with Crippen molar-refractivity contribution in [3.05, 3.63) is 35.9 Å². The van der Waals surface area contributed by atoms with Crippen LogP contribution in [0, 0.1) is 5.41 Å². The summed E-state index contributed by atoms with van der Waals surface area (Å²) in [7, 11) is 0. The zero-order valence-corrected chi connectivity index (χ0v) is 14.7. The smallest absolute Gasteiger partial charge is 0.227 e. The lowest BCUT2D eigenvalue weighted by Crippen LogP contribution is -2.46. The van der Waals surface area contributed by atoms with Gasteiger partial charge in [0.15, 0.2) is 0 Å². The van der Waals surface area contributed by atoms with Gasteiger partial charge in [0, 0.05) is 26.1 Å². The highest BCUT2D eigenvalue weighted by atomic mass is 35.5. The Morgan fingerprint density at radius 1 is 1.09 bits per heavy atom. The third-order valence-electron chi connectivity index (χ3n) is 4.20. The summed E-state index contributed by atoms with van der Waals surface area (Å²) in [4.78, 5) is 24.0. The molecule has 0 bridgehead atoms. The molecule has 0 saturated carbocycles. The van der Waals surface area contributed by atoms with Crippen molar-refractivity contribution in [2.24, 2.45) is 11.1 Å². The van der Waals surface area contributed by atoms with Crippen molar-refractivity contribution in [1.82, 2.24) is 10.6 Å². The van der Waals surface area contributed by atoms with E-state index in [2.05, 4.69) is 10.6 Å². The molecule has 5 nitrogen and oxygen atoms in total. The second-order valence-electron chi connectivity index (χ2n) is 5.46. The molecule has 0 atom stereocenters. The van der Waals surface area contributed by atoms with Crippen molar-refractivity contribution in [2.45, 2.75) is 39.7 Å². The first kappa shape index (κ1) is 21.4. The van der Waals surface area contributed by atoms with Gasteiger partial charge in [0.05, 0.1) is 5.41 Å². The van der Waals surface area contributed by atoms with Crippen molar-refractivity contribution in [1.29, 1.82) is 0 Å². The lowest BCUT2D eigenvalue weighted by Gasteiger charge is -2.28. The van der Waals surface area contributed by atoms with Gasteiger partial charge < -0.3 is 16.4 Å². The van der Waals surface area contributed by atoms with E-state index >= 15 is 0 Å². The number of hydrogen-bond donors (Lipinski definition) is 3. The summed E-state index contributed by atoms with van der Waals surface area (Å²) in [6.07, 6.45) is 1.67. The van der Waals surface area contributed by atoms with Crippen LogP contribution in [0.5, 0.6) is 0 Å². The highest BCUT2D eigenvalue weighted by Gasteiger charge is 2.32. The molecule has 130 valence electrons. The van der Waals surface area contributed by atoms with E-state index in [0.717, 1.165) is 5.56 Å². The summed E-state index contributed by atoms with van der Waals surface area (Å²) >= 11 is 0. The number of halogens is 1. The predicted molar refractivity (Wildman–Crippen MR) is 95.2 cm³/mol. The van der Waals surface area contributed by atoms with Crippen LogP contribution in [-0.4, -0.2) is 24.9 Å². The average molecular weight is 342 g/mol. The molecule has 0 spiro atoms. The normalized spacial score (nSPS) is 10.6. The first-order valence-electron chi connectivity index (χ1n) is 7.87. The fraction of sp³-hybridized carbons (Fsp3) is 0.529. The van der Waals surface area contributed by atoms with Gasteiger partial charge in [0.25, 0.3) is 0 Å². The second kappa shape index (κ2) is 11.0. The number of amides is 2. The van der Waals surface area contributed by atoms with E-state index in [1.165, 1.54) is 0 Å². The first-order valence-corrected chi connectivity index (χ1v) is 7.87. The van der Waals surface area contributed by atoms with Crippen molar-refractivity contribution < 1.29 is 9.59 Å². The summed E-state index contributed by atoms with van der Waals surface area (Å²) < 4.78 is 0. The van der Waals surface area contributed by atoms with Crippen molar-refractivity contribution >= 4 is 24.2 Å². The predicted octanol–water partition coefficient (Wildman–Crippen LogP) is 2.00. The number of carbonyl (C=O) groups is 2. The number of rotatable bonds is 9. The van der Waals surface area contributed by atoms with Crippen LogP contribution in [0.1, 0.15) is 38.7 Å². The third-order valence-corrected chi connectivity index (χ3v) is 4.20. The Balaban J connectivity index is 0.00000484. The lowest BCUT2D eigenvalue weighted by atomic mass is 9.81. The minimum absolute atomic E-state index is 0. The Morgan fingerprint density at radius 2 is 1.70 bits per heavy atom. The molecule has 2 amide bonds. The largest absolute Gasteiger partial charge is 0.355 e. The zero-order chi connectivity index (χ0) is 16.4. The van der Waals surface area contributed by atoms with E-state index in [9.17, 15) is 9.59 Å². The summed E-state index contributed by atoms with van der Waals surface area (Å²) in [5, 5.41) is 5.66. The van der Waals surface area contributed by atoms with Gasteiger partial charge in [-0.3, -0.25) is 9.59 Å². The van der Waals surface area contributed by atoms with E-state index in [4.69, 9.17) is 5.73 Å². The van der Waals surface area contributed by atoms with Crippen LogP contribution in [0.15, 0.2) is 30.3 Å². The second-order valence-corrected chi connectivity index (χ2v) is 5.46. The maximum atomic E-state index is 12.2. The first-order chi connectivity index (χ1) is 10.6. The summed E-state index contributed by atoms with van der Waals surface area (Å²) in [5.41, 5.74) is 6.27. The monoisotopic (exact) mass is 341 g/mol. The number of carbonyl (C=O) groups excluding carboxylic acids is 2. The van der Waals surface area contributed by atoms with Gasteiger partial charge in [-0.1, -0.05) is 44.2 Å². The van der Waals surface area contributed by atoms with Crippen LogP contribution < -0.4 is 16.4 Å². The number of hydrogen-bond acceptors (Lipinski definition) is 3. The van der Waals surface area contributed by atoms with Crippen LogP contribution >= 0.6 is 12.4 Å². The van der Waals surface area contributed by atoms with Crippen LogP contribution in [-0.2, 0) is 16.1 Å². The maximum Gasteiger partial charge on any atom is 0.227 e. The Labute approximate surface area is 144 Å². The Bertz CT molecular complexity index is 468. The number of benzene rings is 1. The van der Waals surface area contributed by atoms with Gasteiger partial charge in [-0.05, 0) is 18.4 Å². The van der Waals surface area contributed by atoms with Gasteiger partial charge >= 0.3 is 0 Å². The molecule has 23 heavy (non-hydrogen) atoms. The molecule has 0 aliphatic heterocycles. The quantitative estimate of drug-likeness (QED) is 0.642. The minimum atomic E-state index is -0.513. The molecule has 1 aromatic rings. The molecule has 0 aliphatic rings. The number of nitrogens with two attached hydrogens (primary N) is 1.